The second kappa shape index (κ2) is 16.2. The molecule has 0 bridgehead atoms. The van der Waals surface area contributed by atoms with E-state index in [-0.39, 0.29) is 12.4 Å². The largest absolute Gasteiger partial charge is 0.508 e. The van der Waals surface area contributed by atoms with Crippen LogP contribution in [0.15, 0.2) is 114 Å². The van der Waals surface area contributed by atoms with Crippen molar-refractivity contribution < 1.29 is 29.7 Å². The van der Waals surface area contributed by atoms with Gasteiger partial charge in [-0.3, -0.25) is 0 Å². The lowest BCUT2D eigenvalue weighted by Crippen LogP contribution is -2.29. The van der Waals surface area contributed by atoms with Crippen molar-refractivity contribution in [2.45, 2.75) is 37.7 Å². The molecule has 9 nitrogen and oxygen atoms in total. The van der Waals surface area contributed by atoms with Crippen molar-refractivity contribution in [3.05, 3.63) is 148 Å². The van der Waals surface area contributed by atoms with Gasteiger partial charge in [0.25, 0.3) is 0 Å². The Bertz CT molecular complexity index is 1590. The number of nitrogens with one attached hydrogen (secondary N) is 2. The van der Waals surface area contributed by atoms with Crippen LogP contribution in [0.25, 0.3) is 0 Å². The molecule has 1 heterocycles. The number of benzene rings is 4. The van der Waals surface area contributed by atoms with Crippen LogP contribution in [-0.4, -0.2) is 51.8 Å². The Hall–Kier alpha value is -4.51. The fourth-order valence-electron chi connectivity index (χ4n) is 5.27. The predicted molar refractivity (Wildman–Crippen MR) is 175 cm³/mol. The Kier molecular flexibility index (Phi) is 11.6. The number of aromatic nitrogens is 1. The topological polar surface area (TPSA) is 140 Å². The molecule has 46 heavy (non-hydrogen) atoms. The predicted octanol–water partition coefficient (Wildman–Crippen LogP) is 4.58. The van der Waals surface area contributed by atoms with Gasteiger partial charge >= 0.3 is 0 Å². The molecule has 4 aromatic carbocycles. The summed E-state index contributed by atoms with van der Waals surface area (Å²) in [4.78, 5) is 0. The summed E-state index contributed by atoms with van der Waals surface area (Å²) in [5.41, 5.74) is 2.65. The molecule has 0 saturated carbocycles. The van der Waals surface area contributed by atoms with Crippen molar-refractivity contribution >= 4 is 0 Å². The van der Waals surface area contributed by atoms with Crippen LogP contribution in [0.2, 0.25) is 0 Å². The summed E-state index contributed by atoms with van der Waals surface area (Å²) in [5, 5.41) is 52.1. The summed E-state index contributed by atoms with van der Waals surface area (Å²) in [6, 6.07) is 33.5. The summed E-state index contributed by atoms with van der Waals surface area (Å²) >= 11 is 0. The van der Waals surface area contributed by atoms with Crippen LogP contribution in [0.1, 0.15) is 51.8 Å². The number of ether oxygens (including phenoxy) is 1. The first kappa shape index (κ1) is 32.9. The Morgan fingerprint density at radius 1 is 0.826 bits per heavy atom. The number of hydrogen-bond acceptors (Lipinski definition) is 9. The monoisotopic (exact) mass is 623 g/mol. The maximum atomic E-state index is 11.9. The van der Waals surface area contributed by atoms with Crippen LogP contribution in [-0.2, 0) is 25.2 Å². The molecule has 6 N–H and O–H groups in total. The molecule has 0 spiro atoms. The van der Waals surface area contributed by atoms with Gasteiger partial charge in [0.05, 0.1) is 25.9 Å². The molecular weight excluding hydrogens is 582 g/mol. The Morgan fingerprint density at radius 2 is 1.52 bits per heavy atom. The fraction of sp³-hybridized carbons (Fsp3) is 0.270. The molecular formula is C37H41N3O6. The maximum absolute atomic E-state index is 11.9. The third kappa shape index (κ3) is 8.39. The van der Waals surface area contributed by atoms with Crippen LogP contribution >= 0.6 is 0 Å². The van der Waals surface area contributed by atoms with Gasteiger partial charge < -0.3 is 40.3 Å². The van der Waals surface area contributed by atoms with Crippen molar-refractivity contribution in [2.24, 2.45) is 0 Å². The first-order valence-corrected chi connectivity index (χ1v) is 15.5. The number of hydrogen-bond donors (Lipinski definition) is 6. The van der Waals surface area contributed by atoms with E-state index < -0.39 is 11.7 Å². The quantitative estimate of drug-likeness (QED) is 0.0822. The highest BCUT2D eigenvalue weighted by Crippen LogP contribution is 2.36. The molecule has 0 radical (unpaired) electrons. The summed E-state index contributed by atoms with van der Waals surface area (Å²) in [6.07, 6.45) is 0.864. The first-order chi connectivity index (χ1) is 22.5. The number of aliphatic hydroxyl groups is 3. The molecule has 240 valence electrons. The molecule has 9 heteroatoms. The fourth-order valence-corrected chi connectivity index (χ4v) is 5.27. The van der Waals surface area contributed by atoms with Crippen LogP contribution in [0.5, 0.6) is 11.5 Å². The minimum atomic E-state index is -1.42. The van der Waals surface area contributed by atoms with E-state index in [1.807, 2.05) is 84.9 Å². The van der Waals surface area contributed by atoms with Gasteiger partial charge in [0.15, 0.2) is 11.4 Å². The van der Waals surface area contributed by atoms with Crippen molar-refractivity contribution in [1.82, 2.24) is 15.8 Å². The smallest absolute Gasteiger partial charge is 0.160 e. The summed E-state index contributed by atoms with van der Waals surface area (Å²) < 4.78 is 11.5. The third-order valence-corrected chi connectivity index (χ3v) is 7.89. The summed E-state index contributed by atoms with van der Waals surface area (Å²) in [5.74, 6) is 1.46. The standard InChI is InChI=1S/C37H41N3O6/c41-26-29-22-28(14-17-34(29)42)35(43)25-39-20-18-27-12-15-32(16-13-27)45-21-7-19-38-24-33-23-36(40-46-33)37(44,30-8-3-1-4-9-30)31-10-5-2-6-11-31/h1-6,8-17,22-23,35,38-39,41-44H,7,18-21,24-26H2/t35-/m0/s1. The molecule has 0 aliphatic heterocycles. The number of rotatable bonds is 17. The minimum absolute atomic E-state index is 0.0198. The van der Waals surface area contributed by atoms with E-state index in [0.717, 1.165) is 41.8 Å². The highest BCUT2D eigenvalue weighted by Gasteiger charge is 2.37. The molecule has 0 aliphatic rings. The van der Waals surface area contributed by atoms with Crippen molar-refractivity contribution in [2.75, 3.05) is 26.2 Å². The third-order valence-electron chi connectivity index (χ3n) is 7.89. The number of nitrogens with zero attached hydrogens (tertiary/aromatic N) is 1. The van der Waals surface area contributed by atoms with E-state index in [2.05, 4.69) is 15.8 Å². The van der Waals surface area contributed by atoms with Gasteiger partial charge in [0.1, 0.15) is 17.2 Å². The van der Waals surface area contributed by atoms with Crippen LogP contribution in [0.3, 0.4) is 0 Å². The Labute approximate surface area is 269 Å². The van der Waals surface area contributed by atoms with E-state index in [1.165, 1.54) is 6.07 Å². The molecule has 0 fully saturated rings. The normalized spacial score (nSPS) is 12.2. The summed E-state index contributed by atoms with van der Waals surface area (Å²) in [6.45, 7) is 2.54. The van der Waals surface area contributed by atoms with Gasteiger partial charge in [-0.15, -0.1) is 0 Å². The lowest BCUT2D eigenvalue weighted by molar-refractivity contribution is 0.116. The van der Waals surface area contributed by atoms with Gasteiger partial charge in [-0.2, -0.15) is 0 Å². The van der Waals surface area contributed by atoms with Gasteiger partial charge in [0.2, 0.25) is 0 Å². The zero-order chi connectivity index (χ0) is 32.2. The van der Waals surface area contributed by atoms with Gasteiger partial charge in [-0.05, 0) is 72.5 Å². The molecule has 5 aromatic rings. The van der Waals surface area contributed by atoms with E-state index in [9.17, 15) is 20.4 Å². The molecule has 1 atom stereocenters. The van der Waals surface area contributed by atoms with E-state index in [1.54, 1.807) is 18.2 Å². The Morgan fingerprint density at radius 3 is 2.20 bits per heavy atom. The second-order valence-corrected chi connectivity index (χ2v) is 11.2. The highest BCUT2D eigenvalue weighted by atomic mass is 16.5. The van der Waals surface area contributed by atoms with Crippen LogP contribution in [0.4, 0.5) is 0 Å². The maximum Gasteiger partial charge on any atom is 0.160 e. The molecule has 0 unspecified atom stereocenters. The molecule has 0 aliphatic carbocycles. The molecule has 0 amide bonds. The number of aliphatic hydroxyl groups excluding tert-OH is 2. The first-order valence-electron chi connectivity index (χ1n) is 15.5. The molecule has 5 rings (SSSR count). The SMILES string of the molecule is OCc1cc([C@@H](O)CNCCc2ccc(OCCCNCc3cc(C(O)(c4ccccc4)c4ccccc4)no3)cc2)ccc1O. The van der Waals surface area contributed by atoms with E-state index >= 15 is 0 Å². The lowest BCUT2D eigenvalue weighted by atomic mass is 9.83. The summed E-state index contributed by atoms with van der Waals surface area (Å²) in [7, 11) is 0. The average molecular weight is 624 g/mol. The zero-order valence-electron chi connectivity index (χ0n) is 25.7. The number of phenols is 1. The van der Waals surface area contributed by atoms with Gasteiger partial charge in [-0.1, -0.05) is 84.0 Å². The highest BCUT2D eigenvalue weighted by molar-refractivity contribution is 5.44. The van der Waals surface area contributed by atoms with E-state index in [0.29, 0.717) is 48.8 Å². The number of aromatic hydroxyl groups is 1. The van der Waals surface area contributed by atoms with Crippen LogP contribution in [0, 0.1) is 0 Å². The lowest BCUT2D eigenvalue weighted by Gasteiger charge is -2.27. The Balaban J connectivity index is 1.00. The minimum Gasteiger partial charge on any atom is -0.508 e. The average Bonchev–Trinajstić information content (AvgIpc) is 3.59. The van der Waals surface area contributed by atoms with Gasteiger partial charge in [-0.25, -0.2) is 0 Å². The molecule has 0 saturated heterocycles. The molecule has 1 aromatic heterocycles. The van der Waals surface area contributed by atoms with E-state index in [4.69, 9.17) is 9.26 Å². The van der Waals surface area contributed by atoms with Gasteiger partial charge in [0, 0.05) is 18.2 Å². The zero-order valence-corrected chi connectivity index (χ0v) is 25.7. The van der Waals surface area contributed by atoms with Crippen molar-refractivity contribution in [3.63, 3.8) is 0 Å². The second-order valence-electron chi connectivity index (χ2n) is 11.2. The van der Waals surface area contributed by atoms with Crippen molar-refractivity contribution in [3.8, 4) is 11.5 Å². The van der Waals surface area contributed by atoms with Crippen LogP contribution < -0.4 is 15.4 Å². The van der Waals surface area contributed by atoms with Crippen molar-refractivity contribution in [1.29, 1.82) is 0 Å².